The number of hydrogen-bond acceptors (Lipinski definition) is 4. The smallest absolute Gasteiger partial charge is 0.261 e. The molecular weight excluding hydrogens is 400 g/mol. The van der Waals surface area contributed by atoms with Gasteiger partial charge in [0.1, 0.15) is 5.75 Å². The zero-order valence-corrected chi connectivity index (χ0v) is 17.4. The highest BCUT2D eigenvalue weighted by Crippen LogP contribution is 2.26. The molecule has 1 atom stereocenters. The van der Waals surface area contributed by atoms with E-state index < -0.39 is 10.0 Å². The third kappa shape index (κ3) is 4.59. The van der Waals surface area contributed by atoms with Crippen LogP contribution in [0.5, 0.6) is 5.75 Å². The first-order valence-corrected chi connectivity index (χ1v) is 11.0. The Balaban J connectivity index is 1.83. The van der Waals surface area contributed by atoms with Crippen LogP contribution in [0.4, 0.5) is 5.69 Å². The first kappa shape index (κ1) is 20.5. The lowest BCUT2D eigenvalue weighted by atomic mass is 10.2. The van der Waals surface area contributed by atoms with Gasteiger partial charge in [0.15, 0.2) is 0 Å². The molecule has 28 heavy (non-hydrogen) atoms. The minimum atomic E-state index is -3.87. The van der Waals surface area contributed by atoms with E-state index in [-0.39, 0.29) is 21.4 Å². The molecule has 0 radical (unpaired) electrons. The summed E-state index contributed by atoms with van der Waals surface area (Å²) in [4.78, 5) is 14.5. The highest BCUT2D eigenvalue weighted by molar-refractivity contribution is 7.92. The Kier molecular flexibility index (Phi) is 6.15. The van der Waals surface area contributed by atoms with Gasteiger partial charge in [-0.25, -0.2) is 8.42 Å². The van der Waals surface area contributed by atoms with E-state index in [2.05, 4.69) is 11.6 Å². The monoisotopic (exact) mass is 422 g/mol. The van der Waals surface area contributed by atoms with Crippen LogP contribution in [0, 0.1) is 5.92 Å². The minimum absolute atomic E-state index is 0.0126. The number of sulfonamides is 1. The van der Waals surface area contributed by atoms with Gasteiger partial charge in [0.05, 0.1) is 22.1 Å². The molecule has 1 amide bonds. The van der Waals surface area contributed by atoms with E-state index >= 15 is 0 Å². The second-order valence-corrected chi connectivity index (χ2v) is 8.94. The number of rotatable bonds is 6. The molecule has 1 fully saturated rings. The Morgan fingerprint density at radius 3 is 2.57 bits per heavy atom. The van der Waals surface area contributed by atoms with Crippen LogP contribution in [-0.2, 0) is 10.0 Å². The molecule has 1 heterocycles. The van der Waals surface area contributed by atoms with Crippen molar-refractivity contribution in [3.05, 3.63) is 53.1 Å². The van der Waals surface area contributed by atoms with Gasteiger partial charge in [0.2, 0.25) is 0 Å². The van der Waals surface area contributed by atoms with Gasteiger partial charge in [-0.1, -0.05) is 18.5 Å². The van der Waals surface area contributed by atoms with Crippen LogP contribution in [0.15, 0.2) is 47.4 Å². The molecule has 0 bridgehead atoms. The highest BCUT2D eigenvalue weighted by Gasteiger charge is 2.27. The van der Waals surface area contributed by atoms with Crippen molar-refractivity contribution in [1.29, 1.82) is 0 Å². The summed E-state index contributed by atoms with van der Waals surface area (Å²) < 4.78 is 33.4. The number of ether oxygens (including phenoxy) is 1. The van der Waals surface area contributed by atoms with Crippen LogP contribution >= 0.6 is 11.6 Å². The topological polar surface area (TPSA) is 75.7 Å². The number of halogens is 1. The van der Waals surface area contributed by atoms with Crippen LogP contribution in [0.2, 0.25) is 5.02 Å². The summed E-state index contributed by atoms with van der Waals surface area (Å²) in [6.07, 6.45) is 0.931. The average Bonchev–Trinajstić information content (AvgIpc) is 3.09. The molecule has 0 saturated carbocycles. The zero-order chi connectivity index (χ0) is 20.3. The SMILES string of the molecule is CCOc1ccc(NS(=O)(=O)c2ccc(Cl)c(C(=O)N3CCC(C)C3)c2)cc1. The van der Waals surface area contributed by atoms with Gasteiger partial charge >= 0.3 is 0 Å². The number of likely N-dealkylation sites (tertiary alicyclic amines) is 1. The molecule has 150 valence electrons. The average molecular weight is 423 g/mol. The molecule has 3 rings (SSSR count). The molecule has 1 aliphatic rings. The molecule has 1 aliphatic heterocycles. The predicted octanol–water partition coefficient (Wildman–Crippen LogP) is 4.02. The number of amides is 1. The maximum Gasteiger partial charge on any atom is 0.261 e. The molecule has 1 unspecified atom stereocenters. The summed E-state index contributed by atoms with van der Waals surface area (Å²) in [5.74, 6) is 0.841. The molecular formula is C20H23ClN2O4S. The summed E-state index contributed by atoms with van der Waals surface area (Å²) in [6.45, 7) is 5.78. The lowest BCUT2D eigenvalue weighted by Gasteiger charge is -2.17. The zero-order valence-electron chi connectivity index (χ0n) is 15.8. The van der Waals surface area contributed by atoms with E-state index in [1.54, 1.807) is 29.2 Å². The van der Waals surface area contributed by atoms with Gasteiger partial charge in [-0.15, -0.1) is 0 Å². The van der Waals surface area contributed by atoms with Crippen molar-refractivity contribution in [3.63, 3.8) is 0 Å². The number of nitrogens with zero attached hydrogens (tertiary/aromatic N) is 1. The van der Waals surface area contributed by atoms with E-state index in [1.165, 1.54) is 18.2 Å². The summed E-state index contributed by atoms with van der Waals surface area (Å²) in [6, 6.07) is 10.8. The Morgan fingerprint density at radius 1 is 1.25 bits per heavy atom. The second kappa shape index (κ2) is 8.41. The second-order valence-electron chi connectivity index (χ2n) is 6.85. The maximum atomic E-state index is 12.8. The Hall–Kier alpha value is -2.25. The summed E-state index contributed by atoms with van der Waals surface area (Å²) in [7, 11) is -3.87. The van der Waals surface area contributed by atoms with Crippen molar-refractivity contribution in [2.24, 2.45) is 5.92 Å². The fourth-order valence-corrected chi connectivity index (χ4v) is 4.41. The number of anilines is 1. The van der Waals surface area contributed by atoms with Gasteiger partial charge in [-0.3, -0.25) is 9.52 Å². The van der Waals surface area contributed by atoms with E-state index in [9.17, 15) is 13.2 Å². The van der Waals surface area contributed by atoms with E-state index in [0.717, 1.165) is 6.42 Å². The molecule has 2 aromatic rings. The van der Waals surface area contributed by atoms with Crippen LogP contribution in [0.25, 0.3) is 0 Å². The number of carbonyl (C=O) groups is 1. The van der Waals surface area contributed by atoms with Gasteiger partial charge in [0.25, 0.3) is 15.9 Å². The molecule has 6 nitrogen and oxygen atoms in total. The molecule has 0 aliphatic carbocycles. The van der Waals surface area contributed by atoms with Crippen molar-refractivity contribution < 1.29 is 17.9 Å². The minimum Gasteiger partial charge on any atom is -0.494 e. The van der Waals surface area contributed by atoms with Gasteiger partial charge in [-0.2, -0.15) is 0 Å². The molecule has 8 heteroatoms. The molecule has 1 N–H and O–H groups in total. The van der Waals surface area contributed by atoms with E-state index in [4.69, 9.17) is 16.3 Å². The van der Waals surface area contributed by atoms with Crippen molar-refractivity contribution >= 4 is 33.2 Å². The number of benzene rings is 2. The Bertz CT molecular complexity index is 961. The largest absolute Gasteiger partial charge is 0.494 e. The number of nitrogens with one attached hydrogen (secondary N) is 1. The van der Waals surface area contributed by atoms with Crippen molar-refractivity contribution in [1.82, 2.24) is 4.90 Å². The molecule has 2 aromatic carbocycles. The van der Waals surface area contributed by atoms with Gasteiger partial charge in [0, 0.05) is 18.8 Å². The van der Waals surface area contributed by atoms with E-state index in [0.29, 0.717) is 37.1 Å². The Labute approximate surface area is 170 Å². The highest BCUT2D eigenvalue weighted by atomic mass is 35.5. The summed E-state index contributed by atoms with van der Waals surface area (Å²) >= 11 is 6.19. The van der Waals surface area contributed by atoms with Crippen molar-refractivity contribution in [2.75, 3.05) is 24.4 Å². The predicted molar refractivity (Wildman–Crippen MR) is 110 cm³/mol. The first-order valence-electron chi connectivity index (χ1n) is 9.14. The maximum absolute atomic E-state index is 12.8. The van der Waals surface area contributed by atoms with Crippen LogP contribution in [0.1, 0.15) is 30.6 Å². The quantitative estimate of drug-likeness (QED) is 0.762. The van der Waals surface area contributed by atoms with Crippen LogP contribution in [0.3, 0.4) is 0 Å². The standard InChI is InChI=1S/C20H23ClN2O4S/c1-3-27-16-6-4-15(5-7-16)22-28(25,26)17-8-9-19(21)18(12-17)20(24)23-11-10-14(2)13-23/h4-9,12,14,22H,3,10-11,13H2,1-2H3. The van der Waals surface area contributed by atoms with Crippen molar-refractivity contribution in [2.45, 2.75) is 25.2 Å². The molecule has 1 saturated heterocycles. The van der Waals surface area contributed by atoms with Gasteiger partial charge < -0.3 is 9.64 Å². The van der Waals surface area contributed by atoms with Crippen LogP contribution in [-0.4, -0.2) is 38.9 Å². The normalized spacial score (nSPS) is 16.8. The lowest BCUT2D eigenvalue weighted by molar-refractivity contribution is 0.0788. The lowest BCUT2D eigenvalue weighted by Crippen LogP contribution is -2.29. The first-order chi connectivity index (χ1) is 13.3. The van der Waals surface area contributed by atoms with Gasteiger partial charge in [-0.05, 0) is 61.7 Å². The third-order valence-corrected chi connectivity index (χ3v) is 6.32. The fraction of sp³-hybridized carbons (Fsp3) is 0.350. The van der Waals surface area contributed by atoms with E-state index in [1.807, 2.05) is 6.92 Å². The molecule has 0 aromatic heterocycles. The number of carbonyl (C=O) groups excluding carboxylic acids is 1. The third-order valence-electron chi connectivity index (χ3n) is 4.61. The van der Waals surface area contributed by atoms with Crippen molar-refractivity contribution in [3.8, 4) is 5.75 Å². The summed E-state index contributed by atoms with van der Waals surface area (Å²) in [5.41, 5.74) is 0.602. The summed E-state index contributed by atoms with van der Waals surface area (Å²) in [5, 5.41) is 0.240. The molecule has 0 spiro atoms. The van der Waals surface area contributed by atoms with Crippen LogP contribution < -0.4 is 9.46 Å². The number of hydrogen-bond donors (Lipinski definition) is 1. The Morgan fingerprint density at radius 2 is 1.96 bits per heavy atom. The fourth-order valence-electron chi connectivity index (χ4n) is 3.13.